The van der Waals surface area contributed by atoms with E-state index in [4.69, 9.17) is 0 Å². The maximum Gasteiger partial charge on any atom is -0.0307 e. The van der Waals surface area contributed by atoms with Gasteiger partial charge in [0.1, 0.15) is 0 Å². The predicted molar refractivity (Wildman–Crippen MR) is 52.5 cm³/mol. The van der Waals surface area contributed by atoms with E-state index in [-0.39, 0.29) is 0 Å². The Morgan fingerprint density at radius 2 is 2.09 bits per heavy atom. The van der Waals surface area contributed by atoms with Crippen LogP contribution < -0.4 is 0 Å². The summed E-state index contributed by atoms with van der Waals surface area (Å²) >= 11 is 0. The van der Waals surface area contributed by atoms with Gasteiger partial charge in [0, 0.05) is 0 Å². The Balaban J connectivity index is 4.14. The van der Waals surface area contributed by atoms with E-state index in [1.165, 1.54) is 5.57 Å². The van der Waals surface area contributed by atoms with E-state index in [0.29, 0.717) is 0 Å². The zero-order valence-electron chi connectivity index (χ0n) is 7.38. The smallest absolute Gasteiger partial charge is 0.0307 e. The second-order valence-electron chi connectivity index (χ2n) is 2.22. The maximum absolute atomic E-state index is 3.62. The van der Waals surface area contributed by atoms with Crippen LogP contribution in [0.15, 0.2) is 48.6 Å². The van der Waals surface area contributed by atoms with Crippen molar-refractivity contribution in [3.05, 3.63) is 48.6 Å². The van der Waals surface area contributed by atoms with Crippen LogP contribution in [-0.2, 0) is 0 Å². The largest absolute Gasteiger partial charge is 0.0991 e. The maximum atomic E-state index is 3.62. The van der Waals surface area contributed by atoms with E-state index in [1.54, 1.807) is 6.08 Å². The first kappa shape index (κ1) is 9.96. The van der Waals surface area contributed by atoms with Crippen LogP contribution in [0.1, 0.15) is 20.3 Å². The molecule has 0 aromatic rings. The summed E-state index contributed by atoms with van der Waals surface area (Å²) in [7, 11) is 0. The third-order valence-corrected chi connectivity index (χ3v) is 1.36. The van der Waals surface area contributed by atoms with Crippen molar-refractivity contribution >= 4 is 0 Å². The van der Waals surface area contributed by atoms with Crippen LogP contribution in [0.4, 0.5) is 0 Å². The molecular formula is C11H16. The fraction of sp³-hybridized carbons (Fsp3) is 0.273. The van der Waals surface area contributed by atoms with Crippen LogP contribution in [0.3, 0.4) is 0 Å². The van der Waals surface area contributed by atoms with Gasteiger partial charge < -0.3 is 0 Å². The molecule has 0 nitrogen and oxygen atoms in total. The average molecular weight is 148 g/mol. The van der Waals surface area contributed by atoms with Crippen molar-refractivity contribution in [3.63, 3.8) is 0 Å². The molecule has 0 atom stereocenters. The zero-order valence-corrected chi connectivity index (χ0v) is 7.38. The topological polar surface area (TPSA) is 0 Å². The molecule has 0 amide bonds. The molecule has 0 bridgehead atoms. The highest BCUT2D eigenvalue weighted by Crippen LogP contribution is 2.02. The van der Waals surface area contributed by atoms with Crippen molar-refractivity contribution in [2.45, 2.75) is 20.3 Å². The molecule has 0 unspecified atom stereocenters. The molecule has 0 aliphatic carbocycles. The van der Waals surface area contributed by atoms with Gasteiger partial charge in [-0.1, -0.05) is 50.0 Å². The van der Waals surface area contributed by atoms with Gasteiger partial charge in [0.05, 0.1) is 0 Å². The van der Waals surface area contributed by atoms with E-state index in [9.17, 15) is 0 Å². The van der Waals surface area contributed by atoms with Crippen LogP contribution in [-0.4, -0.2) is 0 Å². The average Bonchev–Trinajstić information content (AvgIpc) is 2.05. The predicted octanol–water partition coefficient (Wildman–Crippen LogP) is 3.64. The highest BCUT2D eigenvalue weighted by Gasteiger charge is 1.82. The fourth-order valence-corrected chi connectivity index (χ4v) is 0.703. The van der Waals surface area contributed by atoms with Gasteiger partial charge in [-0.05, 0) is 18.9 Å². The Morgan fingerprint density at radius 1 is 1.36 bits per heavy atom. The van der Waals surface area contributed by atoms with Crippen LogP contribution in [0.25, 0.3) is 0 Å². The highest BCUT2D eigenvalue weighted by molar-refractivity contribution is 5.25. The molecule has 0 saturated heterocycles. The van der Waals surface area contributed by atoms with Gasteiger partial charge >= 0.3 is 0 Å². The summed E-state index contributed by atoms with van der Waals surface area (Å²) in [4.78, 5) is 0. The quantitative estimate of drug-likeness (QED) is 0.534. The Hall–Kier alpha value is -1.04. The van der Waals surface area contributed by atoms with Crippen molar-refractivity contribution in [1.29, 1.82) is 0 Å². The Bertz CT molecular complexity index is 180. The second kappa shape index (κ2) is 7.07. The SMILES string of the molecule is C=C\C=C/C(=C\C=C/C)CC. The third kappa shape index (κ3) is 5.41. The first-order chi connectivity index (χ1) is 5.35. The third-order valence-electron chi connectivity index (χ3n) is 1.36. The van der Waals surface area contributed by atoms with Gasteiger partial charge in [0.15, 0.2) is 0 Å². The molecule has 0 heteroatoms. The summed E-state index contributed by atoms with van der Waals surface area (Å²) in [6, 6.07) is 0. The second-order valence-corrected chi connectivity index (χ2v) is 2.22. The molecule has 0 fully saturated rings. The van der Waals surface area contributed by atoms with E-state index in [1.807, 2.05) is 25.2 Å². The lowest BCUT2D eigenvalue weighted by atomic mass is 10.2. The summed E-state index contributed by atoms with van der Waals surface area (Å²) in [5.74, 6) is 0. The van der Waals surface area contributed by atoms with Gasteiger partial charge in [0.25, 0.3) is 0 Å². The molecule has 0 N–H and O–H groups in total. The normalized spacial score (nSPS) is 13.1. The Kier molecular flexibility index (Phi) is 6.40. The summed E-state index contributed by atoms with van der Waals surface area (Å²) < 4.78 is 0. The molecule has 0 aromatic carbocycles. The highest BCUT2D eigenvalue weighted by atomic mass is 13.9. The van der Waals surface area contributed by atoms with E-state index in [2.05, 4.69) is 25.7 Å². The standard InChI is InChI=1S/C11H16/c1-4-7-9-11(6-3)10-8-5-2/h4-5,7-10H,1,6H2,2-3H3/b8-5-,9-7-,11-10-. The summed E-state index contributed by atoms with van der Waals surface area (Å²) in [6.45, 7) is 7.77. The number of hydrogen-bond donors (Lipinski definition) is 0. The summed E-state index contributed by atoms with van der Waals surface area (Å²) in [5, 5.41) is 0. The van der Waals surface area contributed by atoms with Crippen molar-refractivity contribution in [2.75, 3.05) is 0 Å². The lowest BCUT2D eigenvalue weighted by Gasteiger charge is -1.91. The minimum atomic E-state index is 1.06. The molecule has 0 aromatic heterocycles. The molecule has 0 radical (unpaired) electrons. The summed E-state index contributed by atoms with van der Waals surface area (Å²) in [6.07, 6.45) is 13.1. The monoisotopic (exact) mass is 148 g/mol. The lowest BCUT2D eigenvalue weighted by Crippen LogP contribution is -1.71. The van der Waals surface area contributed by atoms with Gasteiger partial charge in [-0.3, -0.25) is 0 Å². The fourth-order valence-electron chi connectivity index (χ4n) is 0.703. The first-order valence-corrected chi connectivity index (χ1v) is 3.96. The minimum Gasteiger partial charge on any atom is -0.0991 e. The van der Waals surface area contributed by atoms with Gasteiger partial charge in [-0.25, -0.2) is 0 Å². The molecule has 0 saturated carbocycles. The van der Waals surface area contributed by atoms with E-state index in [0.717, 1.165) is 6.42 Å². The van der Waals surface area contributed by atoms with Crippen molar-refractivity contribution in [2.24, 2.45) is 0 Å². The molecule has 0 aliphatic rings. The first-order valence-electron chi connectivity index (χ1n) is 3.96. The zero-order chi connectivity index (χ0) is 8.53. The minimum absolute atomic E-state index is 1.06. The lowest BCUT2D eigenvalue weighted by molar-refractivity contribution is 1.15. The molecule has 11 heavy (non-hydrogen) atoms. The van der Waals surface area contributed by atoms with Crippen LogP contribution in [0.5, 0.6) is 0 Å². The number of rotatable bonds is 4. The van der Waals surface area contributed by atoms with Crippen LogP contribution >= 0.6 is 0 Å². The van der Waals surface area contributed by atoms with Gasteiger partial charge in [-0.2, -0.15) is 0 Å². The molecule has 0 aliphatic heterocycles. The number of hydrogen-bond acceptors (Lipinski definition) is 0. The van der Waals surface area contributed by atoms with E-state index < -0.39 is 0 Å². The van der Waals surface area contributed by atoms with Gasteiger partial charge in [0.2, 0.25) is 0 Å². The Morgan fingerprint density at radius 3 is 2.55 bits per heavy atom. The van der Waals surface area contributed by atoms with Crippen molar-refractivity contribution in [3.8, 4) is 0 Å². The van der Waals surface area contributed by atoms with Crippen LogP contribution in [0.2, 0.25) is 0 Å². The van der Waals surface area contributed by atoms with Crippen molar-refractivity contribution in [1.82, 2.24) is 0 Å². The molecule has 0 rings (SSSR count). The van der Waals surface area contributed by atoms with E-state index >= 15 is 0 Å². The van der Waals surface area contributed by atoms with Crippen molar-refractivity contribution < 1.29 is 0 Å². The molecule has 60 valence electrons. The molecular weight excluding hydrogens is 132 g/mol. The Labute approximate surface area is 69.6 Å². The summed E-state index contributed by atoms with van der Waals surface area (Å²) in [5.41, 5.74) is 1.32. The van der Waals surface area contributed by atoms with Gasteiger partial charge in [-0.15, -0.1) is 0 Å². The molecule has 0 heterocycles. The molecule has 0 spiro atoms. The number of allylic oxidation sites excluding steroid dienone is 7. The van der Waals surface area contributed by atoms with Crippen LogP contribution in [0, 0.1) is 0 Å².